The van der Waals surface area contributed by atoms with E-state index in [4.69, 9.17) is 0 Å². The predicted octanol–water partition coefficient (Wildman–Crippen LogP) is 2.51. The Labute approximate surface area is 125 Å². The van der Waals surface area contributed by atoms with E-state index in [1.54, 1.807) is 0 Å². The quantitative estimate of drug-likeness (QED) is 0.754. The smallest absolute Gasteiger partial charge is 0.221 e. The van der Waals surface area contributed by atoms with Crippen molar-refractivity contribution in [3.63, 3.8) is 0 Å². The normalized spacial score (nSPS) is 12.4. The van der Waals surface area contributed by atoms with Gasteiger partial charge in [0.1, 0.15) is 0 Å². The second kappa shape index (κ2) is 7.67. The molecule has 0 aliphatic heterocycles. The molecule has 0 saturated heterocycles. The molecule has 118 valence electrons. The molecule has 2 N–H and O–H groups in total. The van der Waals surface area contributed by atoms with Gasteiger partial charge in [0.15, 0.2) is 0 Å². The highest BCUT2D eigenvalue weighted by Gasteiger charge is 2.14. The van der Waals surface area contributed by atoms with Crippen LogP contribution in [0.4, 0.5) is 0 Å². The van der Waals surface area contributed by atoms with E-state index in [1.165, 1.54) is 0 Å². The van der Waals surface area contributed by atoms with Crippen molar-refractivity contribution in [1.29, 1.82) is 0 Å². The van der Waals surface area contributed by atoms with Gasteiger partial charge >= 0.3 is 0 Å². The second-order valence-electron chi connectivity index (χ2n) is 7.58. The minimum absolute atomic E-state index is 0.0578. The Morgan fingerprint density at radius 2 is 1.40 bits per heavy atom. The Kier molecular flexibility index (Phi) is 7.28. The third-order valence-corrected chi connectivity index (χ3v) is 2.58. The molecular weight excluding hydrogens is 250 g/mol. The number of nitrogens with one attached hydrogen (secondary N) is 2. The summed E-state index contributed by atoms with van der Waals surface area (Å²) >= 11 is 0. The van der Waals surface area contributed by atoms with Gasteiger partial charge in [0.05, 0.1) is 0 Å². The van der Waals surface area contributed by atoms with Gasteiger partial charge in [0, 0.05) is 36.3 Å². The number of hydrogen-bond acceptors (Lipinski definition) is 3. The van der Waals surface area contributed by atoms with Crippen molar-refractivity contribution in [1.82, 2.24) is 15.5 Å². The number of carbonyl (C=O) groups excluding carboxylic acids is 1. The van der Waals surface area contributed by atoms with Crippen molar-refractivity contribution in [3.05, 3.63) is 12.3 Å². The lowest BCUT2D eigenvalue weighted by molar-refractivity contribution is -0.122. The molecule has 0 radical (unpaired) electrons. The molecule has 0 unspecified atom stereocenters. The topological polar surface area (TPSA) is 44.4 Å². The molecule has 4 heteroatoms. The molecule has 0 spiro atoms. The van der Waals surface area contributed by atoms with Crippen LogP contribution in [0.3, 0.4) is 0 Å². The van der Waals surface area contributed by atoms with E-state index in [9.17, 15) is 4.79 Å². The zero-order chi connectivity index (χ0) is 16.0. The van der Waals surface area contributed by atoms with E-state index >= 15 is 0 Å². The molecule has 0 aliphatic carbocycles. The summed E-state index contributed by atoms with van der Waals surface area (Å²) in [5.41, 5.74) is 0.950. The average Bonchev–Trinajstić information content (AvgIpc) is 2.18. The summed E-state index contributed by atoms with van der Waals surface area (Å²) in [6.45, 7) is 18.1. The van der Waals surface area contributed by atoms with Crippen LogP contribution in [-0.4, -0.2) is 42.0 Å². The SMILES string of the molecule is C=C(CCN(C)CCC(=O)NC(C)(C)C)NC(C)(C)C. The molecule has 0 aromatic heterocycles. The molecule has 0 heterocycles. The van der Waals surface area contributed by atoms with E-state index in [1.807, 2.05) is 27.8 Å². The maximum atomic E-state index is 11.7. The van der Waals surface area contributed by atoms with Gasteiger partial charge in [-0.2, -0.15) is 0 Å². The van der Waals surface area contributed by atoms with Gasteiger partial charge in [0.2, 0.25) is 5.91 Å². The van der Waals surface area contributed by atoms with Gasteiger partial charge in [-0.1, -0.05) is 6.58 Å². The lowest BCUT2D eigenvalue weighted by Crippen LogP contribution is -2.41. The molecule has 0 fully saturated rings. The fourth-order valence-electron chi connectivity index (χ4n) is 1.80. The molecule has 0 aliphatic rings. The first-order chi connectivity index (χ1) is 8.89. The van der Waals surface area contributed by atoms with Crippen LogP contribution in [0.25, 0.3) is 0 Å². The molecular formula is C16H33N3O. The second-order valence-corrected chi connectivity index (χ2v) is 7.58. The van der Waals surface area contributed by atoms with Crippen LogP contribution < -0.4 is 10.6 Å². The maximum absolute atomic E-state index is 11.7. The minimum Gasteiger partial charge on any atom is -0.384 e. The van der Waals surface area contributed by atoms with E-state index in [2.05, 4.69) is 42.9 Å². The minimum atomic E-state index is -0.152. The van der Waals surface area contributed by atoms with E-state index in [0.29, 0.717) is 6.42 Å². The van der Waals surface area contributed by atoms with Crippen LogP contribution in [0.5, 0.6) is 0 Å². The lowest BCUT2D eigenvalue weighted by atomic mass is 10.1. The number of amides is 1. The first-order valence-electron chi connectivity index (χ1n) is 7.34. The van der Waals surface area contributed by atoms with Crippen molar-refractivity contribution in [2.24, 2.45) is 0 Å². The van der Waals surface area contributed by atoms with Crippen LogP contribution >= 0.6 is 0 Å². The Balaban J connectivity index is 3.87. The fraction of sp³-hybridized carbons (Fsp3) is 0.812. The van der Waals surface area contributed by atoms with Crippen molar-refractivity contribution in [2.45, 2.75) is 65.5 Å². The van der Waals surface area contributed by atoms with Crippen molar-refractivity contribution in [2.75, 3.05) is 20.1 Å². The predicted molar refractivity (Wildman–Crippen MR) is 86.7 cm³/mol. The first kappa shape index (κ1) is 19.0. The van der Waals surface area contributed by atoms with Gasteiger partial charge in [-0.3, -0.25) is 4.79 Å². The summed E-state index contributed by atoms with van der Waals surface area (Å²) in [5, 5.41) is 6.34. The monoisotopic (exact) mass is 283 g/mol. The first-order valence-corrected chi connectivity index (χ1v) is 7.34. The molecule has 0 aromatic rings. The Morgan fingerprint density at radius 3 is 1.85 bits per heavy atom. The molecule has 0 aromatic carbocycles. The van der Waals surface area contributed by atoms with Gasteiger partial charge in [0.25, 0.3) is 0 Å². The number of nitrogens with zero attached hydrogens (tertiary/aromatic N) is 1. The van der Waals surface area contributed by atoms with Gasteiger partial charge < -0.3 is 15.5 Å². The Hall–Kier alpha value is -1.03. The van der Waals surface area contributed by atoms with Crippen LogP contribution in [0.1, 0.15) is 54.4 Å². The highest BCUT2D eigenvalue weighted by atomic mass is 16.1. The van der Waals surface area contributed by atoms with Crippen LogP contribution in [0.15, 0.2) is 12.3 Å². The molecule has 20 heavy (non-hydrogen) atoms. The summed E-state index contributed by atoms with van der Waals surface area (Å²) in [7, 11) is 2.04. The van der Waals surface area contributed by atoms with Crippen molar-refractivity contribution >= 4 is 5.91 Å². The molecule has 4 nitrogen and oxygen atoms in total. The summed E-state index contributed by atoms with van der Waals surface area (Å²) in [4.78, 5) is 13.9. The highest BCUT2D eigenvalue weighted by Crippen LogP contribution is 2.06. The molecule has 0 atom stereocenters. The van der Waals surface area contributed by atoms with Gasteiger partial charge in [-0.05, 0) is 55.0 Å². The molecule has 1 amide bonds. The Bertz CT molecular complexity index is 292. The summed E-state index contributed by atoms with van der Waals surface area (Å²) < 4.78 is 0. The van der Waals surface area contributed by atoms with E-state index < -0.39 is 0 Å². The van der Waals surface area contributed by atoms with Crippen molar-refractivity contribution < 1.29 is 4.79 Å². The standard InChI is InChI=1S/C16H33N3O/c1-13(17-15(2,3)4)9-11-19(8)12-10-14(20)18-16(5,6)7/h17H,1,9-12H2,2-8H3,(H,18,20). The van der Waals surface area contributed by atoms with Gasteiger partial charge in [-0.25, -0.2) is 0 Å². The van der Waals surface area contributed by atoms with Crippen LogP contribution in [0.2, 0.25) is 0 Å². The lowest BCUT2D eigenvalue weighted by Gasteiger charge is -2.25. The molecule has 0 bridgehead atoms. The average molecular weight is 283 g/mol. The third-order valence-electron chi connectivity index (χ3n) is 2.58. The number of rotatable bonds is 7. The maximum Gasteiger partial charge on any atom is 0.221 e. The third kappa shape index (κ3) is 12.0. The zero-order valence-corrected chi connectivity index (χ0v) is 14.4. The number of carbonyl (C=O) groups is 1. The van der Waals surface area contributed by atoms with Crippen LogP contribution in [-0.2, 0) is 4.79 Å². The summed E-state index contributed by atoms with van der Waals surface area (Å²) in [6, 6.07) is 0. The highest BCUT2D eigenvalue weighted by molar-refractivity contribution is 5.76. The van der Waals surface area contributed by atoms with Crippen molar-refractivity contribution in [3.8, 4) is 0 Å². The summed E-state index contributed by atoms with van der Waals surface area (Å²) in [5.74, 6) is 0.107. The summed E-state index contributed by atoms with van der Waals surface area (Å²) in [6.07, 6.45) is 1.43. The van der Waals surface area contributed by atoms with E-state index in [0.717, 1.165) is 25.2 Å². The Morgan fingerprint density at radius 1 is 0.950 bits per heavy atom. The fourth-order valence-corrected chi connectivity index (χ4v) is 1.80. The largest absolute Gasteiger partial charge is 0.384 e. The molecule has 0 rings (SSSR count). The zero-order valence-electron chi connectivity index (χ0n) is 14.4. The number of hydrogen-bond donors (Lipinski definition) is 2. The molecule has 0 saturated carbocycles. The van der Waals surface area contributed by atoms with E-state index in [-0.39, 0.29) is 17.0 Å². The van der Waals surface area contributed by atoms with Gasteiger partial charge in [-0.15, -0.1) is 0 Å². The van der Waals surface area contributed by atoms with Crippen LogP contribution in [0, 0.1) is 0 Å².